The Kier molecular flexibility index (Phi) is 3.53. The fourth-order valence-electron chi connectivity index (χ4n) is 2.38. The maximum atomic E-state index is 12.2. The molecule has 1 aliphatic rings. The molecule has 0 spiro atoms. The van der Waals surface area contributed by atoms with Gasteiger partial charge in [-0.15, -0.1) is 10.2 Å². The number of anilines is 1. The van der Waals surface area contributed by atoms with E-state index < -0.39 is 0 Å². The number of rotatable bonds is 3. The molecule has 1 amide bonds. The second-order valence-electron chi connectivity index (χ2n) is 5.15. The van der Waals surface area contributed by atoms with E-state index >= 15 is 0 Å². The number of aromatic nitrogens is 2. The molecule has 1 heterocycles. The number of carbonyl (C=O) groups excluding carboxylic acids is 1. The Balaban J connectivity index is 1.74. The number of carbonyl (C=O) groups is 1. The van der Waals surface area contributed by atoms with Crippen LogP contribution < -0.4 is 11.1 Å². The highest BCUT2D eigenvalue weighted by Crippen LogP contribution is 2.25. The first-order chi connectivity index (χ1) is 10.1. The third-order valence-corrected chi connectivity index (χ3v) is 3.54. The molecule has 3 rings (SSSR count). The highest BCUT2D eigenvalue weighted by Gasteiger charge is 2.23. The van der Waals surface area contributed by atoms with Crippen molar-refractivity contribution in [1.29, 1.82) is 0 Å². The van der Waals surface area contributed by atoms with E-state index in [0.29, 0.717) is 12.3 Å². The highest BCUT2D eigenvalue weighted by molar-refractivity contribution is 5.95. The summed E-state index contributed by atoms with van der Waals surface area (Å²) in [5.41, 5.74) is 8.31. The lowest BCUT2D eigenvalue weighted by molar-refractivity contribution is -0.118. The van der Waals surface area contributed by atoms with Crippen LogP contribution in [0.2, 0.25) is 0 Å². The first-order valence-electron chi connectivity index (χ1n) is 6.75. The molecule has 2 atom stereocenters. The predicted molar refractivity (Wildman–Crippen MR) is 78.3 cm³/mol. The number of aryl methyl sites for hydroxylation is 1. The van der Waals surface area contributed by atoms with Gasteiger partial charge in [-0.05, 0) is 37.1 Å². The Morgan fingerprint density at radius 1 is 1.43 bits per heavy atom. The van der Waals surface area contributed by atoms with Gasteiger partial charge in [-0.2, -0.15) is 0 Å². The van der Waals surface area contributed by atoms with E-state index in [1.807, 2.05) is 37.3 Å². The van der Waals surface area contributed by atoms with Crippen molar-refractivity contribution in [3.63, 3.8) is 0 Å². The molecular formula is C15H16N4O2. The van der Waals surface area contributed by atoms with Gasteiger partial charge in [0.25, 0.3) is 0 Å². The molecule has 0 fully saturated rings. The summed E-state index contributed by atoms with van der Waals surface area (Å²) in [5, 5.41) is 10.4. The minimum absolute atomic E-state index is 0.0262. The number of benzene rings is 1. The van der Waals surface area contributed by atoms with Crippen LogP contribution in [-0.4, -0.2) is 22.1 Å². The Morgan fingerprint density at radius 3 is 2.90 bits per heavy atom. The molecule has 108 valence electrons. The largest absolute Gasteiger partial charge is 0.423 e. The van der Waals surface area contributed by atoms with Crippen molar-refractivity contribution < 1.29 is 9.21 Å². The highest BCUT2D eigenvalue weighted by atomic mass is 16.4. The Morgan fingerprint density at radius 2 is 2.29 bits per heavy atom. The van der Waals surface area contributed by atoms with Crippen LogP contribution in [0, 0.1) is 12.8 Å². The lowest BCUT2D eigenvalue weighted by Gasteiger charge is -2.13. The molecule has 0 bridgehead atoms. The third-order valence-electron chi connectivity index (χ3n) is 3.54. The molecular weight excluding hydrogens is 268 g/mol. The fourth-order valence-corrected chi connectivity index (χ4v) is 2.38. The maximum Gasteiger partial charge on any atom is 0.247 e. The zero-order valence-electron chi connectivity index (χ0n) is 11.6. The van der Waals surface area contributed by atoms with Gasteiger partial charge in [0.15, 0.2) is 0 Å². The van der Waals surface area contributed by atoms with Crippen LogP contribution >= 0.6 is 0 Å². The summed E-state index contributed by atoms with van der Waals surface area (Å²) in [4.78, 5) is 12.2. The summed E-state index contributed by atoms with van der Waals surface area (Å²) in [6, 6.07) is 5.55. The Labute approximate surface area is 122 Å². The van der Waals surface area contributed by atoms with Crippen molar-refractivity contribution in [3.05, 3.63) is 42.3 Å². The van der Waals surface area contributed by atoms with E-state index in [4.69, 9.17) is 10.2 Å². The molecule has 2 unspecified atom stereocenters. The van der Waals surface area contributed by atoms with Gasteiger partial charge in [0.2, 0.25) is 18.2 Å². The quantitative estimate of drug-likeness (QED) is 0.839. The fraction of sp³-hybridized carbons (Fsp3) is 0.267. The van der Waals surface area contributed by atoms with Crippen LogP contribution in [0.3, 0.4) is 0 Å². The van der Waals surface area contributed by atoms with Gasteiger partial charge in [-0.3, -0.25) is 4.79 Å². The molecule has 2 aromatic rings. The second-order valence-corrected chi connectivity index (χ2v) is 5.15. The lowest BCUT2D eigenvalue weighted by atomic mass is 10.1. The molecule has 0 aliphatic heterocycles. The molecule has 0 radical (unpaired) electrons. The Hall–Kier alpha value is -2.47. The number of hydrogen-bond acceptors (Lipinski definition) is 5. The maximum absolute atomic E-state index is 12.2. The molecule has 1 aliphatic carbocycles. The van der Waals surface area contributed by atoms with Crippen molar-refractivity contribution in [1.82, 2.24) is 10.2 Å². The van der Waals surface area contributed by atoms with Crippen LogP contribution in [0.4, 0.5) is 5.69 Å². The van der Waals surface area contributed by atoms with Crippen LogP contribution in [0.15, 0.2) is 41.2 Å². The van der Waals surface area contributed by atoms with E-state index in [0.717, 1.165) is 16.8 Å². The van der Waals surface area contributed by atoms with E-state index in [2.05, 4.69) is 15.5 Å². The molecule has 1 aromatic heterocycles. The van der Waals surface area contributed by atoms with Crippen molar-refractivity contribution in [2.75, 3.05) is 5.32 Å². The molecule has 21 heavy (non-hydrogen) atoms. The monoisotopic (exact) mass is 284 g/mol. The van der Waals surface area contributed by atoms with Crippen molar-refractivity contribution in [2.24, 2.45) is 11.7 Å². The third kappa shape index (κ3) is 2.85. The average molecular weight is 284 g/mol. The average Bonchev–Trinajstić information content (AvgIpc) is 3.12. The number of hydrogen-bond donors (Lipinski definition) is 2. The topological polar surface area (TPSA) is 94.0 Å². The first-order valence-corrected chi connectivity index (χ1v) is 6.75. The SMILES string of the molecule is Cc1cc(-c2nnco2)ccc1NC(=O)C1C=CC(N)C1. The zero-order chi connectivity index (χ0) is 14.8. The van der Waals surface area contributed by atoms with Gasteiger partial charge in [0.05, 0.1) is 5.92 Å². The van der Waals surface area contributed by atoms with Crippen LogP contribution in [0.5, 0.6) is 0 Å². The summed E-state index contributed by atoms with van der Waals surface area (Å²) < 4.78 is 5.16. The van der Waals surface area contributed by atoms with Gasteiger partial charge in [-0.1, -0.05) is 12.2 Å². The molecule has 1 aromatic carbocycles. The van der Waals surface area contributed by atoms with Crippen molar-refractivity contribution >= 4 is 11.6 Å². The molecule has 0 saturated carbocycles. The lowest BCUT2D eigenvalue weighted by Crippen LogP contribution is -2.24. The van der Waals surface area contributed by atoms with E-state index in [1.165, 1.54) is 6.39 Å². The van der Waals surface area contributed by atoms with E-state index in [9.17, 15) is 4.79 Å². The molecule has 3 N–H and O–H groups in total. The van der Waals surface area contributed by atoms with Crippen molar-refractivity contribution in [2.45, 2.75) is 19.4 Å². The van der Waals surface area contributed by atoms with Gasteiger partial charge < -0.3 is 15.5 Å². The molecule has 6 heteroatoms. The zero-order valence-corrected chi connectivity index (χ0v) is 11.6. The first kappa shape index (κ1) is 13.5. The van der Waals surface area contributed by atoms with Crippen LogP contribution in [0.25, 0.3) is 11.5 Å². The van der Waals surface area contributed by atoms with Gasteiger partial charge in [0, 0.05) is 17.3 Å². The smallest absolute Gasteiger partial charge is 0.247 e. The summed E-state index contributed by atoms with van der Waals surface area (Å²) in [6.45, 7) is 1.92. The summed E-state index contributed by atoms with van der Waals surface area (Å²) in [7, 11) is 0. The van der Waals surface area contributed by atoms with Crippen LogP contribution in [0.1, 0.15) is 12.0 Å². The van der Waals surface area contributed by atoms with Gasteiger partial charge >= 0.3 is 0 Å². The number of amides is 1. The number of nitrogens with zero attached hydrogens (tertiary/aromatic N) is 2. The molecule has 6 nitrogen and oxygen atoms in total. The van der Waals surface area contributed by atoms with Crippen molar-refractivity contribution in [3.8, 4) is 11.5 Å². The standard InChI is InChI=1S/C15H16N4O2/c1-9-6-11(15-19-17-8-21-15)3-5-13(9)18-14(20)10-2-4-12(16)7-10/h2-6,8,10,12H,7,16H2,1H3,(H,18,20). The van der Waals surface area contributed by atoms with Gasteiger partial charge in [-0.25, -0.2) is 0 Å². The predicted octanol–water partition coefficient (Wildman–Crippen LogP) is 1.89. The number of nitrogens with two attached hydrogens (primary N) is 1. The molecule has 0 saturated heterocycles. The normalized spacial score (nSPS) is 20.7. The Bertz CT molecular complexity index is 679. The van der Waals surface area contributed by atoms with E-state index in [-0.39, 0.29) is 17.9 Å². The summed E-state index contributed by atoms with van der Waals surface area (Å²) in [5.74, 6) is 0.267. The summed E-state index contributed by atoms with van der Waals surface area (Å²) in [6.07, 6.45) is 5.68. The van der Waals surface area contributed by atoms with E-state index in [1.54, 1.807) is 0 Å². The summed E-state index contributed by atoms with van der Waals surface area (Å²) >= 11 is 0. The van der Waals surface area contributed by atoms with Crippen LogP contribution in [-0.2, 0) is 4.79 Å². The minimum Gasteiger partial charge on any atom is -0.423 e. The van der Waals surface area contributed by atoms with Gasteiger partial charge in [0.1, 0.15) is 0 Å². The number of nitrogens with one attached hydrogen (secondary N) is 1. The minimum atomic E-state index is -0.157. The second kappa shape index (κ2) is 5.49.